The first-order valence-corrected chi connectivity index (χ1v) is 16.0. The maximum absolute atomic E-state index is 15.0. The standard InChI is InChI=1S/C35H51N3O5/c1-9-17-36(18-10-2)31(40)28-29-32(41)38(26(22-39)20-23(5)6)30(35(29)16-15-34(28,12-4)43-35)33(42)37(19-11-3)27-21-24(7)13-14-25(27)8/h9,11,13-14,21,23,26,28-30,39H,1,3,10,12,15-20,22H2,2,4-8H3/t26-,28-,29+,30?,34+,35?/m1/s1. The van der Waals surface area contributed by atoms with Crippen LogP contribution in [0.15, 0.2) is 43.5 Å². The summed E-state index contributed by atoms with van der Waals surface area (Å²) in [5.41, 5.74) is 0.702. The number of carbonyl (C=O) groups excluding carboxylic acids is 3. The van der Waals surface area contributed by atoms with Gasteiger partial charge in [-0.2, -0.15) is 0 Å². The number of ether oxygens (including phenoxy) is 1. The van der Waals surface area contributed by atoms with Crippen LogP contribution < -0.4 is 4.90 Å². The van der Waals surface area contributed by atoms with Crippen LogP contribution in [-0.4, -0.2) is 82.2 Å². The average Bonchev–Trinajstić information content (AvgIpc) is 3.58. The van der Waals surface area contributed by atoms with Crippen molar-refractivity contribution in [2.24, 2.45) is 17.8 Å². The van der Waals surface area contributed by atoms with Crippen molar-refractivity contribution in [3.63, 3.8) is 0 Å². The predicted octanol–water partition coefficient (Wildman–Crippen LogP) is 4.81. The number of anilines is 1. The molecule has 3 fully saturated rings. The minimum atomic E-state index is -1.17. The molecule has 3 aliphatic heterocycles. The molecular formula is C35H51N3O5. The normalized spacial score (nSPS) is 28.2. The molecule has 8 heteroatoms. The van der Waals surface area contributed by atoms with Gasteiger partial charge in [-0.05, 0) is 69.1 Å². The Balaban J connectivity index is 1.91. The molecule has 1 spiro atoms. The highest BCUT2D eigenvalue weighted by molar-refractivity contribution is 6.05. The lowest BCUT2D eigenvalue weighted by atomic mass is 9.64. The first-order valence-electron chi connectivity index (χ1n) is 16.0. The van der Waals surface area contributed by atoms with E-state index in [0.29, 0.717) is 38.8 Å². The Morgan fingerprint density at radius 3 is 2.42 bits per heavy atom. The molecule has 43 heavy (non-hydrogen) atoms. The Bertz CT molecular complexity index is 1250. The van der Waals surface area contributed by atoms with Crippen molar-refractivity contribution in [3.8, 4) is 0 Å². The molecule has 1 aromatic carbocycles. The van der Waals surface area contributed by atoms with Crippen molar-refractivity contribution >= 4 is 23.4 Å². The van der Waals surface area contributed by atoms with Crippen molar-refractivity contribution < 1.29 is 24.2 Å². The van der Waals surface area contributed by atoms with Crippen LogP contribution >= 0.6 is 0 Å². The zero-order chi connectivity index (χ0) is 31.7. The third-order valence-corrected chi connectivity index (χ3v) is 9.85. The number of benzene rings is 1. The SMILES string of the molecule is C=CCN(CCC)C(=O)[C@H]1[C@H]2C(=O)N([C@@H](CO)CC(C)C)C(C(=O)N(CC=C)c3cc(C)ccc3C)C23CC[C@]1(CC)O3. The van der Waals surface area contributed by atoms with Gasteiger partial charge in [0.05, 0.1) is 30.1 Å². The average molecular weight is 594 g/mol. The third kappa shape index (κ3) is 5.46. The molecule has 1 N–H and O–H groups in total. The van der Waals surface area contributed by atoms with Gasteiger partial charge in [-0.15, -0.1) is 13.2 Å². The van der Waals surface area contributed by atoms with Gasteiger partial charge in [-0.25, -0.2) is 0 Å². The van der Waals surface area contributed by atoms with Crippen LogP contribution in [-0.2, 0) is 19.1 Å². The molecule has 8 nitrogen and oxygen atoms in total. The molecule has 6 atom stereocenters. The number of aliphatic hydroxyl groups excluding tert-OH is 1. The van der Waals surface area contributed by atoms with Crippen LogP contribution in [0.2, 0.25) is 0 Å². The Morgan fingerprint density at radius 1 is 1.14 bits per heavy atom. The van der Waals surface area contributed by atoms with E-state index < -0.39 is 35.1 Å². The van der Waals surface area contributed by atoms with E-state index in [1.54, 1.807) is 26.9 Å². The number of nitrogens with zero attached hydrogens (tertiary/aromatic N) is 3. The molecule has 3 amide bonds. The zero-order valence-electron chi connectivity index (χ0n) is 27.0. The molecule has 0 radical (unpaired) electrons. The van der Waals surface area contributed by atoms with Gasteiger partial charge < -0.3 is 24.5 Å². The lowest BCUT2D eigenvalue weighted by molar-refractivity contribution is -0.154. The van der Waals surface area contributed by atoms with Crippen LogP contribution in [0, 0.1) is 31.6 Å². The van der Waals surface area contributed by atoms with E-state index in [4.69, 9.17) is 4.74 Å². The Hall–Kier alpha value is -2.97. The Kier molecular flexibility index (Phi) is 9.92. The Morgan fingerprint density at radius 2 is 1.84 bits per heavy atom. The van der Waals surface area contributed by atoms with Crippen molar-refractivity contribution in [1.82, 2.24) is 9.80 Å². The number of amides is 3. The number of hydrogen-bond acceptors (Lipinski definition) is 5. The molecule has 0 aliphatic carbocycles. The predicted molar refractivity (Wildman–Crippen MR) is 170 cm³/mol. The van der Waals surface area contributed by atoms with Crippen molar-refractivity contribution in [1.29, 1.82) is 0 Å². The van der Waals surface area contributed by atoms with Crippen LogP contribution in [0.5, 0.6) is 0 Å². The highest BCUT2D eigenvalue weighted by atomic mass is 16.5. The first kappa shape index (κ1) is 32.9. The summed E-state index contributed by atoms with van der Waals surface area (Å²) >= 11 is 0. The quantitative estimate of drug-likeness (QED) is 0.313. The van der Waals surface area contributed by atoms with E-state index in [9.17, 15) is 14.7 Å². The highest BCUT2D eigenvalue weighted by Crippen LogP contribution is 2.65. The Labute approximate surface area is 257 Å². The van der Waals surface area contributed by atoms with Crippen LogP contribution in [0.1, 0.15) is 70.9 Å². The summed E-state index contributed by atoms with van der Waals surface area (Å²) in [4.78, 5) is 49.2. The highest BCUT2D eigenvalue weighted by Gasteiger charge is 2.79. The molecule has 3 aliphatic rings. The van der Waals surface area contributed by atoms with E-state index in [1.807, 2.05) is 59.7 Å². The minimum absolute atomic E-state index is 0.113. The van der Waals surface area contributed by atoms with E-state index in [-0.39, 0.29) is 36.8 Å². The second-order valence-electron chi connectivity index (χ2n) is 13.1. The molecule has 2 unspecified atom stereocenters. The van der Waals surface area contributed by atoms with Crippen LogP contribution in [0.4, 0.5) is 5.69 Å². The zero-order valence-corrected chi connectivity index (χ0v) is 27.0. The van der Waals surface area contributed by atoms with E-state index >= 15 is 4.79 Å². The summed E-state index contributed by atoms with van der Waals surface area (Å²) in [6.07, 6.45) is 6.36. The van der Waals surface area contributed by atoms with Gasteiger partial charge in [-0.3, -0.25) is 14.4 Å². The van der Waals surface area contributed by atoms with E-state index in [0.717, 1.165) is 23.2 Å². The van der Waals surface area contributed by atoms with Gasteiger partial charge in [0, 0.05) is 25.3 Å². The molecule has 3 heterocycles. The number of aryl methyl sites for hydroxylation is 2. The summed E-state index contributed by atoms with van der Waals surface area (Å²) in [5.74, 6) is -1.98. The number of carbonyl (C=O) groups is 3. The second-order valence-corrected chi connectivity index (χ2v) is 13.1. The van der Waals surface area contributed by atoms with Crippen molar-refractivity contribution in [3.05, 3.63) is 54.6 Å². The summed E-state index contributed by atoms with van der Waals surface area (Å²) in [6.45, 7) is 20.8. The number of likely N-dealkylation sites (tertiary alicyclic amines) is 1. The number of rotatable bonds is 14. The third-order valence-electron chi connectivity index (χ3n) is 9.85. The molecule has 2 bridgehead atoms. The number of fused-ring (bicyclic) bond motifs is 1. The van der Waals surface area contributed by atoms with Crippen molar-refractivity contribution in [2.75, 3.05) is 31.1 Å². The number of aliphatic hydroxyl groups is 1. The van der Waals surface area contributed by atoms with Gasteiger partial charge >= 0.3 is 0 Å². The maximum Gasteiger partial charge on any atom is 0.253 e. The molecule has 0 saturated carbocycles. The van der Waals surface area contributed by atoms with Gasteiger partial charge in [0.1, 0.15) is 11.6 Å². The monoisotopic (exact) mass is 593 g/mol. The summed E-state index contributed by atoms with van der Waals surface area (Å²) < 4.78 is 7.02. The van der Waals surface area contributed by atoms with Gasteiger partial charge in [-0.1, -0.05) is 52.0 Å². The van der Waals surface area contributed by atoms with E-state index in [2.05, 4.69) is 13.2 Å². The summed E-state index contributed by atoms with van der Waals surface area (Å²) in [6, 6.07) is 4.42. The van der Waals surface area contributed by atoms with Gasteiger partial charge in [0.2, 0.25) is 11.8 Å². The fraction of sp³-hybridized carbons (Fsp3) is 0.629. The minimum Gasteiger partial charge on any atom is -0.394 e. The fourth-order valence-corrected chi connectivity index (χ4v) is 8.03. The maximum atomic E-state index is 15.0. The molecule has 3 saturated heterocycles. The van der Waals surface area contributed by atoms with Crippen LogP contribution in [0.3, 0.4) is 0 Å². The largest absolute Gasteiger partial charge is 0.394 e. The second kappa shape index (κ2) is 12.9. The summed E-state index contributed by atoms with van der Waals surface area (Å²) in [7, 11) is 0. The van der Waals surface area contributed by atoms with E-state index in [1.165, 1.54) is 0 Å². The first-order chi connectivity index (χ1) is 20.5. The molecular weight excluding hydrogens is 542 g/mol. The van der Waals surface area contributed by atoms with Gasteiger partial charge in [0.25, 0.3) is 5.91 Å². The molecule has 0 aromatic heterocycles. The topological polar surface area (TPSA) is 90.4 Å². The molecule has 4 rings (SSSR count). The summed E-state index contributed by atoms with van der Waals surface area (Å²) in [5, 5.41) is 10.7. The van der Waals surface area contributed by atoms with Gasteiger partial charge in [0.15, 0.2) is 0 Å². The fourth-order valence-electron chi connectivity index (χ4n) is 8.03. The van der Waals surface area contributed by atoms with Crippen molar-refractivity contribution in [2.45, 2.75) is 96.9 Å². The number of hydrogen-bond donors (Lipinski definition) is 1. The lowest BCUT2D eigenvalue weighted by Gasteiger charge is -2.40. The molecule has 236 valence electrons. The molecule has 1 aromatic rings. The lowest BCUT2D eigenvalue weighted by Crippen LogP contribution is -2.59. The van der Waals surface area contributed by atoms with Crippen LogP contribution in [0.25, 0.3) is 0 Å². The smallest absolute Gasteiger partial charge is 0.253 e.